The van der Waals surface area contributed by atoms with Gasteiger partial charge in [-0.1, -0.05) is 20.8 Å². The number of nitrogens with one attached hydrogen (secondary N) is 1. The van der Waals surface area contributed by atoms with E-state index in [0.29, 0.717) is 6.54 Å². The molecule has 0 amide bonds. The van der Waals surface area contributed by atoms with Gasteiger partial charge in [-0.25, -0.2) is 9.97 Å². The van der Waals surface area contributed by atoms with Crippen molar-refractivity contribution in [1.82, 2.24) is 29.3 Å². The zero-order chi connectivity index (χ0) is 18.3. The van der Waals surface area contributed by atoms with Crippen LogP contribution in [0.2, 0.25) is 0 Å². The van der Waals surface area contributed by atoms with E-state index in [1.807, 2.05) is 39.6 Å². The molecule has 1 aromatic carbocycles. The van der Waals surface area contributed by atoms with Crippen molar-refractivity contribution in [3.63, 3.8) is 0 Å². The predicted molar refractivity (Wildman–Crippen MR) is 100 cm³/mol. The summed E-state index contributed by atoms with van der Waals surface area (Å²) in [5.41, 5.74) is 4.74. The van der Waals surface area contributed by atoms with Gasteiger partial charge in [0.05, 0.1) is 24.0 Å². The van der Waals surface area contributed by atoms with E-state index in [0.717, 1.165) is 33.9 Å². The van der Waals surface area contributed by atoms with Crippen LogP contribution in [0.4, 0.5) is 0 Å². The van der Waals surface area contributed by atoms with Crippen LogP contribution in [-0.4, -0.2) is 41.0 Å². The number of rotatable bonds is 4. The third-order valence-electron chi connectivity index (χ3n) is 4.48. The number of hydrogen-bond acceptors (Lipinski definition) is 4. The molecule has 0 bridgehead atoms. The van der Waals surface area contributed by atoms with Crippen molar-refractivity contribution in [3.8, 4) is 17.2 Å². The second-order valence-electron chi connectivity index (χ2n) is 7.37. The third kappa shape index (κ3) is 2.80. The monoisotopic (exact) mass is 350 g/mol. The van der Waals surface area contributed by atoms with Gasteiger partial charge in [-0.3, -0.25) is 9.67 Å². The number of hydrogen-bond donors (Lipinski definition) is 2. The first-order chi connectivity index (χ1) is 12.5. The molecular formula is C19H22N6O. The molecule has 26 heavy (non-hydrogen) atoms. The molecule has 7 heteroatoms. The van der Waals surface area contributed by atoms with E-state index in [2.05, 4.69) is 40.9 Å². The van der Waals surface area contributed by atoms with Gasteiger partial charge in [0.15, 0.2) is 5.82 Å². The normalized spacial score (nSPS) is 12.2. The minimum absolute atomic E-state index is 0.00111. The van der Waals surface area contributed by atoms with E-state index < -0.39 is 0 Å². The van der Waals surface area contributed by atoms with Gasteiger partial charge in [0, 0.05) is 35.7 Å². The third-order valence-corrected chi connectivity index (χ3v) is 4.48. The molecule has 0 spiro atoms. The van der Waals surface area contributed by atoms with Gasteiger partial charge in [0.25, 0.3) is 0 Å². The molecule has 2 N–H and O–H groups in total. The van der Waals surface area contributed by atoms with Crippen LogP contribution in [0.1, 0.15) is 26.5 Å². The van der Waals surface area contributed by atoms with Crippen LogP contribution < -0.4 is 0 Å². The van der Waals surface area contributed by atoms with E-state index in [1.54, 1.807) is 12.5 Å². The van der Waals surface area contributed by atoms with Gasteiger partial charge < -0.3 is 9.67 Å². The highest BCUT2D eigenvalue weighted by atomic mass is 16.3. The van der Waals surface area contributed by atoms with E-state index >= 15 is 0 Å². The fourth-order valence-corrected chi connectivity index (χ4v) is 3.01. The Morgan fingerprint density at radius 1 is 1.15 bits per heavy atom. The number of nitrogens with zero attached hydrogens (tertiary/aromatic N) is 5. The van der Waals surface area contributed by atoms with Crippen molar-refractivity contribution in [1.29, 1.82) is 0 Å². The summed E-state index contributed by atoms with van der Waals surface area (Å²) in [6, 6.07) is 8.11. The molecule has 0 unspecified atom stereocenters. The average molecular weight is 350 g/mol. The lowest BCUT2D eigenvalue weighted by atomic mass is 9.92. The van der Waals surface area contributed by atoms with Crippen LogP contribution >= 0.6 is 0 Å². The molecule has 7 nitrogen and oxygen atoms in total. The summed E-state index contributed by atoms with van der Waals surface area (Å²) < 4.78 is 3.95. The highest BCUT2D eigenvalue weighted by molar-refractivity contribution is 5.78. The topological polar surface area (TPSA) is 84.6 Å². The average Bonchev–Trinajstić information content (AvgIpc) is 3.33. The molecule has 0 atom stereocenters. The van der Waals surface area contributed by atoms with Gasteiger partial charge in [-0.05, 0) is 24.3 Å². The Balaban J connectivity index is 1.75. The minimum atomic E-state index is 0.00111. The molecule has 4 rings (SSSR count). The van der Waals surface area contributed by atoms with Crippen LogP contribution in [0.25, 0.3) is 28.2 Å². The zero-order valence-corrected chi connectivity index (χ0v) is 15.1. The number of aromatic nitrogens is 6. The summed E-state index contributed by atoms with van der Waals surface area (Å²) in [7, 11) is 0. The Hall–Kier alpha value is -2.93. The molecule has 3 heterocycles. The van der Waals surface area contributed by atoms with Crippen LogP contribution in [0.5, 0.6) is 0 Å². The maximum Gasteiger partial charge on any atom is 0.165 e. The van der Waals surface area contributed by atoms with Crippen molar-refractivity contribution < 1.29 is 5.11 Å². The van der Waals surface area contributed by atoms with Crippen molar-refractivity contribution >= 4 is 11.0 Å². The number of aliphatic hydroxyl groups is 1. The minimum Gasteiger partial charge on any atom is -0.395 e. The number of imidazole rings is 2. The molecule has 0 aliphatic rings. The van der Waals surface area contributed by atoms with Crippen LogP contribution in [0.3, 0.4) is 0 Å². The summed E-state index contributed by atoms with van der Waals surface area (Å²) in [4.78, 5) is 8.94. The van der Waals surface area contributed by atoms with E-state index in [4.69, 9.17) is 5.11 Å². The largest absolute Gasteiger partial charge is 0.395 e. The summed E-state index contributed by atoms with van der Waals surface area (Å²) in [6.45, 7) is 7.07. The Labute approximate surface area is 151 Å². The SMILES string of the molecule is CC(C)(C)c1cc(-c2nccn2-c2ccc3c(c2)ncn3CCO)n[nH]1. The number of aromatic amines is 1. The molecule has 4 aromatic rings. The van der Waals surface area contributed by atoms with Gasteiger partial charge in [0.1, 0.15) is 5.69 Å². The summed E-state index contributed by atoms with van der Waals surface area (Å²) in [6.07, 6.45) is 5.45. The van der Waals surface area contributed by atoms with Crippen molar-refractivity contribution in [2.24, 2.45) is 0 Å². The van der Waals surface area contributed by atoms with Gasteiger partial charge >= 0.3 is 0 Å². The molecule has 134 valence electrons. The number of benzene rings is 1. The standard InChI is InChI=1S/C19H22N6O/c1-19(2,3)17-11-15(22-23-17)18-20-6-7-25(18)13-4-5-16-14(10-13)21-12-24(16)8-9-26/h4-7,10-12,26H,8-9H2,1-3H3,(H,22,23). The van der Waals surface area contributed by atoms with Crippen LogP contribution in [0, 0.1) is 0 Å². The van der Waals surface area contributed by atoms with Crippen molar-refractivity contribution in [2.45, 2.75) is 32.7 Å². The predicted octanol–water partition coefficient (Wildman–Crippen LogP) is 2.90. The lowest BCUT2D eigenvalue weighted by Crippen LogP contribution is -2.11. The quantitative estimate of drug-likeness (QED) is 0.593. The summed E-state index contributed by atoms with van der Waals surface area (Å²) >= 11 is 0. The summed E-state index contributed by atoms with van der Waals surface area (Å²) in [5.74, 6) is 0.783. The van der Waals surface area contributed by atoms with Crippen molar-refractivity contribution in [3.05, 3.63) is 48.7 Å². The highest BCUT2D eigenvalue weighted by Crippen LogP contribution is 2.27. The molecule has 0 saturated heterocycles. The van der Waals surface area contributed by atoms with Gasteiger partial charge in [0.2, 0.25) is 0 Å². The van der Waals surface area contributed by atoms with Gasteiger partial charge in [-0.15, -0.1) is 0 Å². The Bertz CT molecular complexity index is 1050. The molecular weight excluding hydrogens is 328 g/mol. The Morgan fingerprint density at radius 3 is 2.73 bits per heavy atom. The van der Waals surface area contributed by atoms with Crippen molar-refractivity contribution in [2.75, 3.05) is 6.61 Å². The fraction of sp³-hybridized carbons (Fsp3) is 0.316. The first-order valence-electron chi connectivity index (χ1n) is 8.63. The fourth-order valence-electron chi connectivity index (χ4n) is 3.01. The first kappa shape index (κ1) is 16.5. The Kier molecular flexibility index (Phi) is 3.88. The molecule has 0 saturated carbocycles. The lowest BCUT2D eigenvalue weighted by Gasteiger charge is -2.14. The maximum absolute atomic E-state index is 9.15. The number of fused-ring (bicyclic) bond motifs is 1. The maximum atomic E-state index is 9.15. The first-order valence-corrected chi connectivity index (χ1v) is 8.63. The van der Waals surface area contributed by atoms with Crippen LogP contribution in [0.15, 0.2) is 43.0 Å². The van der Waals surface area contributed by atoms with E-state index in [9.17, 15) is 0 Å². The lowest BCUT2D eigenvalue weighted by molar-refractivity contribution is 0.278. The smallest absolute Gasteiger partial charge is 0.165 e. The molecule has 0 aliphatic heterocycles. The zero-order valence-electron chi connectivity index (χ0n) is 15.1. The molecule has 0 fully saturated rings. The summed E-state index contributed by atoms with van der Waals surface area (Å²) in [5, 5.41) is 16.7. The molecule has 3 aromatic heterocycles. The number of aliphatic hydroxyl groups excluding tert-OH is 1. The van der Waals surface area contributed by atoms with Gasteiger partial charge in [-0.2, -0.15) is 5.10 Å². The Morgan fingerprint density at radius 2 is 2.00 bits per heavy atom. The molecule has 0 aliphatic carbocycles. The second kappa shape index (κ2) is 6.10. The molecule has 0 radical (unpaired) electrons. The van der Waals surface area contributed by atoms with E-state index in [-0.39, 0.29) is 12.0 Å². The highest BCUT2D eigenvalue weighted by Gasteiger charge is 2.19. The second-order valence-corrected chi connectivity index (χ2v) is 7.37. The van der Waals surface area contributed by atoms with Crippen LogP contribution in [-0.2, 0) is 12.0 Å². The van der Waals surface area contributed by atoms with E-state index in [1.165, 1.54) is 0 Å². The number of H-pyrrole nitrogens is 1.